The molecule has 0 aromatic heterocycles. The maximum atomic E-state index is 5.98. The standard InChI is InChI=1S/C44H35OP/c1-29(2)46(45-3)38-16-10-15-34(27-38)35-23-24-41-42(28-35)44(37-22-20-31-12-5-7-14-33(31)26-37)40-18-9-8-17-39(40)43(41)36-21-19-30-11-4-6-13-32(30)25-36/h4-29H,1-3H3. The van der Waals surface area contributed by atoms with E-state index in [1.54, 1.807) is 0 Å². The summed E-state index contributed by atoms with van der Waals surface area (Å²) in [6.45, 7) is 4.49. The van der Waals surface area contributed by atoms with Crippen LogP contribution >= 0.6 is 8.15 Å². The monoisotopic (exact) mass is 610 g/mol. The molecule has 2 heteroatoms. The van der Waals surface area contributed by atoms with Gasteiger partial charge < -0.3 is 4.52 Å². The van der Waals surface area contributed by atoms with E-state index in [4.69, 9.17) is 4.52 Å². The molecule has 1 nitrogen and oxygen atoms in total. The van der Waals surface area contributed by atoms with Crippen LogP contribution in [0.25, 0.3) is 76.5 Å². The number of fused-ring (bicyclic) bond motifs is 4. The zero-order valence-corrected chi connectivity index (χ0v) is 27.3. The first kappa shape index (κ1) is 28.6. The highest BCUT2D eigenvalue weighted by atomic mass is 31.1. The van der Waals surface area contributed by atoms with Crippen molar-refractivity contribution in [2.45, 2.75) is 19.5 Å². The average Bonchev–Trinajstić information content (AvgIpc) is 3.10. The quantitative estimate of drug-likeness (QED) is 0.134. The van der Waals surface area contributed by atoms with Gasteiger partial charge in [-0.25, -0.2) is 0 Å². The fourth-order valence-corrected chi connectivity index (χ4v) is 8.83. The summed E-state index contributed by atoms with van der Waals surface area (Å²) in [5.74, 6) is 0. The van der Waals surface area contributed by atoms with Crippen molar-refractivity contribution in [3.8, 4) is 33.4 Å². The Hall–Kier alpha value is -4.81. The molecule has 8 rings (SSSR count). The third-order valence-corrected chi connectivity index (χ3v) is 11.3. The van der Waals surface area contributed by atoms with E-state index in [1.807, 2.05) is 7.11 Å². The van der Waals surface area contributed by atoms with Gasteiger partial charge in [-0.3, -0.25) is 0 Å². The molecular formula is C44H35OP. The number of benzene rings is 8. The molecule has 0 radical (unpaired) electrons. The second-order valence-corrected chi connectivity index (χ2v) is 14.9. The third kappa shape index (κ3) is 4.97. The predicted molar refractivity (Wildman–Crippen MR) is 201 cm³/mol. The van der Waals surface area contributed by atoms with Crippen LogP contribution < -0.4 is 5.30 Å². The fraction of sp³-hybridized carbons (Fsp3) is 0.0909. The van der Waals surface area contributed by atoms with Gasteiger partial charge in [0.25, 0.3) is 0 Å². The van der Waals surface area contributed by atoms with Crippen LogP contribution in [0.5, 0.6) is 0 Å². The highest BCUT2D eigenvalue weighted by Gasteiger charge is 2.19. The molecular weight excluding hydrogens is 575 g/mol. The second kappa shape index (κ2) is 11.8. The van der Waals surface area contributed by atoms with Crippen molar-refractivity contribution in [3.63, 3.8) is 0 Å². The maximum Gasteiger partial charge on any atom is 0.0625 e. The third-order valence-electron chi connectivity index (χ3n) is 9.20. The molecule has 222 valence electrons. The minimum atomic E-state index is -0.687. The van der Waals surface area contributed by atoms with E-state index < -0.39 is 8.15 Å². The Balaban J connectivity index is 1.45. The molecule has 0 aliphatic rings. The van der Waals surface area contributed by atoms with E-state index >= 15 is 0 Å². The predicted octanol–water partition coefficient (Wildman–Crippen LogP) is 12.4. The van der Waals surface area contributed by atoms with Crippen LogP contribution in [0.1, 0.15) is 13.8 Å². The summed E-state index contributed by atoms with van der Waals surface area (Å²) in [5.41, 5.74) is 7.91. The highest BCUT2D eigenvalue weighted by molar-refractivity contribution is 7.61. The van der Waals surface area contributed by atoms with Crippen LogP contribution in [0.15, 0.2) is 152 Å². The first-order valence-electron chi connectivity index (χ1n) is 16.0. The number of hydrogen-bond donors (Lipinski definition) is 0. The summed E-state index contributed by atoms with van der Waals surface area (Å²) in [6.07, 6.45) is 0. The zero-order chi connectivity index (χ0) is 31.2. The van der Waals surface area contributed by atoms with Gasteiger partial charge >= 0.3 is 0 Å². The zero-order valence-electron chi connectivity index (χ0n) is 26.4. The Morgan fingerprint density at radius 1 is 0.413 bits per heavy atom. The molecule has 8 aromatic rings. The largest absolute Gasteiger partial charge is 0.357 e. The smallest absolute Gasteiger partial charge is 0.0625 e. The van der Waals surface area contributed by atoms with Crippen LogP contribution in [0, 0.1) is 0 Å². The molecule has 8 aromatic carbocycles. The van der Waals surface area contributed by atoms with Crippen molar-refractivity contribution < 1.29 is 4.52 Å². The van der Waals surface area contributed by atoms with E-state index in [0.717, 1.165) is 0 Å². The minimum Gasteiger partial charge on any atom is -0.357 e. The van der Waals surface area contributed by atoms with Gasteiger partial charge in [0.2, 0.25) is 0 Å². The molecule has 0 aliphatic heterocycles. The Bertz CT molecular complexity index is 2400. The molecule has 0 saturated heterocycles. The van der Waals surface area contributed by atoms with Crippen molar-refractivity contribution in [3.05, 3.63) is 152 Å². The lowest BCUT2D eigenvalue weighted by Gasteiger charge is -2.21. The molecule has 1 atom stereocenters. The lowest BCUT2D eigenvalue weighted by atomic mass is 9.84. The average molecular weight is 611 g/mol. The summed E-state index contributed by atoms with van der Waals surface area (Å²) < 4.78 is 5.98. The van der Waals surface area contributed by atoms with E-state index in [-0.39, 0.29) is 0 Å². The highest BCUT2D eigenvalue weighted by Crippen LogP contribution is 2.46. The molecule has 0 fully saturated rings. The fourth-order valence-electron chi connectivity index (χ4n) is 7.11. The van der Waals surface area contributed by atoms with E-state index in [9.17, 15) is 0 Å². The van der Waals surface area contributed by atoms with Crippen LogP contribution in [-0.2, 0) is 4.52 Å². The maximum absolute atomic E-state index is 5.98. The van der Waals surface area contributed by atoms with Gasteiger partial charge in [0.1, 0.15) is 0 Å². The first-order chi connectivity index (χ1) is 22.6. The molecule has 0 spiro atoms. The van der Waals surface area contributed by atoms with Gasteiger partial charge in [0.05, 0.1) is 8.15 Å². The summed E-state index contributed by atoms with van der Waals surface area (Å²) in [6, 6.07) is 56.0. The molecule has 0 amide bonds. The van der Waals surface area contributed by atoms with Gasteiger partial charge in [0.15, 0.2) is 0 Å². The van der Waals surface area contributed by atoms with Gasteiger partial charge in [-0.2, -0.15) is 0 Å². The van der Waals surface area contributed by atoms with Gasteiger partial charge in [0, 0.05) is 18.1 Å². The molecule has 0 aliphatic carbocycles. The number of hydrogen-bond acceptors (Lipinski definition) is 1. The summed E-state index contributed by atoms with van der Waals surface area (Å²) in [5, 5.41) is 11.3. The summed E-state index contributed by atoms with van der Waals surface area (Å²) in [7, 11) is 1.15. The number of rotatable bonds is 6. The van der Waals surface area contributed by atoms with Crippen LogP contribution in [0.2, 0.25) is 0 Å². The summed E-state index contributed by atoms with van der Waals surface area (Å²) in [4.78, 5) is 0. The Labute approximate surface area is 271 Å². The summed E-state index contributed by atoms with van der Waals surface area (Å²) >= 11 is 0. The molecule has 1 unspecified atom stereocenters. The second-order valence-electron chi connectivity index (χ2n) is 12.3. The van der Waals surface area contributed by atoms with E-state index in [0.29, 0.717) is 5.66 Å². The van der Waals surface area contributed by atoms with Crippen molar-refractivity contribution in [2.24, 2.45) is 0 Å². The van der Waals surface area contributed by atoms with Crippen LogP contribution in [-0.4, -0.2) is 12.8 Å². The lowest BCUT2D eigenvalue weighted by molar-refractivity contribution is 0.462. The molecule has 46 heavy (non-hydrogen) atoms. The molecule has 0 heterocycles. The van der Waals surface area contributed by atoms with E-state index in [2.05, 4.69) is 166 Å². The lowest BCUT2D eigenvalue weighted by Crippen LogP contribution is -2.09. The molecule has 0 bridgehead atoms. The Morgan fingerprint density at radius 2 is 0.913 bits per heavy atom. The minimum absolute atomic E-state index is 0.447. The normalized spacial score (nSPS) is 12.4. The van der Waals surface area contributed by atoms with Crippen molar-refractivity contribution >= 4 is 56.5 Å². The van der Waals surface area contributed by atoms with Gasteiger partial charge in [-0.15, -0.1) is 0 Å². The first-order valence-corrected chi connectivity index (χ1v) is 17.3. The Morgan fingerprint density at radius 3 is 1.50 bits per heavy atom. The van der Waals surface area contributed by atoms with Crippen molar-refractivity contribution in [1.29, 1.82) is 0 Å². The topological polar surface area (TPSA) is 9.23 Å². The van der Waals surface area contributed by atoms with Crippen molar-refractivity contribution in [2.75, 3.05) is 7.11 Å². The van der Waals surface area contributed by atoms with Gasteiger partial charge in [-0.1, -0.05) is 141 Å². The van der Waals surface area contributed by atoms with Crippen molar-refractivity contribution in [1.82, 2.24) is 0 Å². The van der Waals surface area contributed by atoms with Gasteiger partial charge in [-0.05, 0) is 101 Å². The Kier molecular flexibility index (Phi) is 7.38. The molecule has 0 saturated carbocycles. The van der Waals surface area contributed by atoms with Crippen LogP contribution in [0.3, 0.4) is 0 Å². The van der Waals surface area contributed by atoms with Crippen LogP contribution in [0.4, 0.5) is 0 Å². The molecule has 0 N–H and O–H groups in total. The van der Waals surface area contributed by atoms with E-state index in [1.165, 1.54) is 81.8 Å². The SMILES string of the molecule is COP(c1cccc(-c2ccc3c(-c4ccc5ccccc5c4)c4ccccc4c(-c4ccc5ccccc5c4)c3c2)c1)C(C)C.